The Kier molecular flexibility index (Phi) is 3.41. The van der Waals surface area contributed by atoms with Crippen LogP contribution in [0.4, 0.5) is 0 Å². The summed E-state index contributed by atoms with van der Waals surface area (Å²) in [6.45, 7) is 0. The van der Waals surface area contributed by atoms with E-state index in [4.69, 9.17) is 0 Å². The molecule has 0 unspecified atom stereocenters. The van der Waals surface area contributed by atoms with Gasteiger partial charge in [-0.15, -0.1) is 0 Å². The number of nitrogens with one attached hydrogen (secondary N) is 1. The van der Waals surface area contributed by atoms with Crippen LogP contribution in [0.3, 0.4) is 0 Å². The normalized spacial score (nSPS) is 10.6. The van der Waals surface area contributed by atoms with Gasteiger partial charge in [0, 0.05) is 0 Å². The third-order valence-corrected chi connectivity index (χ3v) is 2.64. The molecule has 2 heterocycles. The molecule has 0 saturated carbocycles. The van der Waals surface area contributed by atoms with E-state index in [0.717, 1.165) is 0 Å². The minimum Gasteiger partial charge on any atom is -0.280 e. The van der Waals surface area contributed by atoms with Gasteiger partial charge >= 0.3 is 0 Å². The monoisotopic (exact) mass is 300 g/mol. The molecule has 0 saturated heterocycles. The molecule has 0 aliphatic heterocycles. The lowest BCUT2D eigenvalue weighted by molar-refractivity contribution is 0.107. The van der Waals surface area contributed by atoms with Gasteiger partial charge in [0.25, 0.3) is 5.12 Å². The van der Waals surface area contributed by atoms with Crippen molar-refractivity contribution >= 4 is 64.3 Å². The number of nitrogens with zero attached hydrogens (tertiary/aromatic N) is 3. The van der Waals surface area contributed by atoms with Crippen molar-refractivity contribution in [2.75, 3.05) is 0 Å². The van der Waals surface area contributed by atoms with E-state index in [2.05, 4.69) is 58.1 Å². The van der Waals surface area contributed by atoms with E-state index in [1.807, 2.05) is 0 Å². The van der Waals surface area contributed by atoms with Gasteiger partial charge in [-0.1, -0.05) is 37.9 Å². The Morgan fingerprint density at radius 3 is 2.06 bits per heavy atom. The minimum atomic E-state index is -0.744. The fourth-order valence-electron chi connectivity index (χ4n) is 1.29. The summed E-state index contributed by atoms with van der Waals surface area (Å²) in [5.41, 5.74) is -0.147. The van der Waals surface area contributed by atoms with Crippen molar-refractivity contribution in [2.45, 2.75) is 0 Å². The number of carbonyl (C=O) groups is 3. The molecule has 0 atom stereocenters. The van der Waals surface area contributed by atoms with Crippen molar-refractivity contribution in [3.05, 3.63) is 17.2 Å². The molecule has 0 amide bonds. The van der Waals surface area contributed by atoms with E-state index in [9.17, 15) is 14.4 Å². The van der Waals surface area contributed by atoms with E-state index < -0.39 is 15.3 Å². The van der Waals surface area contributed by atoms with Crippen LogP contribution in [0.1, 0.15) is 31.6 Å². The van der Waals surface area contributed by atoms with Gasteiger partial charge in [0.15, 0.2) is 0 Å². The molecule has 1 N–H and O–H groups in total. The lowest BCUT2D eigenvalue weighted by Crippen LogP contribution is -2.06. The maximum absolute atomic E-state index is 11.3. The number of fused-ring (bicyclic) bond motifs is 1. The second kappa shape index (κ2) is 4.71. The second-order valence-corrected chi connectivity index (χ2v) is 4.33. The van der Waals surface area contributed by atoms with Crippen LogP contribution in [0.15, 0.2) is 0 Å². The fourth-order valence-corrected chi connectivity index (χ4v) is 1.71. The van der Waals surface area contributed by atoms with Gasteiger partial charge < -0.3 is 0 Å². The molecule has 92 valence electrons. The summed E-state index contributed by atoms with van der Waals surface area (Å²) in [6.07, 6.45) is 0. The van der Waals surface area contributed by atoms with E-state index in [0.29, 0.717) is 0 Å². The second-order valence-electron chi connectivity index (χ2n) is 3.11. The predicted molar refractivity (Wildman–Crippen MR) is 71.6 cm³/mol. The highest BCUT2D eigenvalue weighted by Gasteiger charge is 2.21. The first-order valence-corrected chi connectivity index (χ1v) is 5.72. The molecule has 0 radical (unpaired) electrons. The van der Waals surface area contributed by atoms with E-state index in [1.165, 1.54) is 0 Å². The smallest absolute Gasteiger partial charge is 0.253 e. The van der Waals surface area contributed by atoms with Crippen molar-refractivity contribution in [1.29, 1.82) is 0 Å². The fraction of sp³-hybridized carbons (Fsp3) is 0. The van der Waals surface area contributed by atoms with Gasteiger partial charge in [-0.25, -0.2) is 9.97 Å². The van der Waals surface area contributed by atoms with E-state index in [1.54, 1.807) is 0 Å². The highest BCUT2D eigenvalue weighted by atomic mass is 32.1. The molecule has 2 aromatic heterocycles. The van der Waals surface area contributed by atoms with Crippen LogP contribution in [-0.4, -0.2) is 35.5 Å². The van der Waals surface area contributed by atoms with Crippen LogP contribution in [0, 0.1) is 0 Å². The zero-order valence-electron chi connectivity index (χ0n) is 8.41. The first kappa shape index (κ1) is 13.1. The molecule has 7 nitrogen and oxygen atoms in total. The van der Waals surface area contributed by atoms with Crippen molar-refractivity contribution in [3.63, 3.8) is 0 Å². The molecular formula is C8H4N4O3S3. The molecule has 0 aliphatic carbocycles. The van der Waals surface area contributed by atoms with Gasteiger partial charge in [-0.2, -0.15) is 5.10 Å². The highest BCUT2D eigenvalue weighted by Crippen LogP contribution is 2.20. The molecule has 2 rings (SSSR count). The number of rotatable bonds is 3. The maximum atomic E-state index is 11.3. The molecule has 0 bridgehead atoms. The summed E-state index contributed by atoms with van der Waals surface area (Å²) >= 11 is 10.8. The Bertz CT molecular complexity index is 696. The van der Waals surface area contributed by atoms with Gasteiger partial charge in [-0.3, -0.25) is 19.5 Å². The molecule has 0 aromatic carbocycles. The average molecular weight is 300 g/mol. The summed E-state index contributed by atoms with van der Waals surface area (Å²) in [5.74, 6) is -0.319. The first-order chi connectivity index (χ1) is 8.41. The molecule has 10 heteroatoms. The number of H-pyrrole nitrogens is 1. The molecule has 0 spiro atoms. The van der Waals surface area contributed by atoms with Crippen LogP contribution in [-0.2, 0) is 0 Å². The summed E-state index contributed by atoms with van der Waals surface area (Å²) in [5, 5.41) is 4.03. The van der Waals surface area contributed by atoms with Gasteiger partial charge in [0.1, 0.15) is 22.4 Å². The standard InChI is InChI=1S/C8H4N4O3S3/c13-6(16)3-2-1(4(7(14)17)12-11-2)9-5(10-3)8(15)18/h(H,11,12)(H,13,16)(H,14,17)(H,15,18). The number of aromatic nitrogens is 4. The van der Waals surface area contributed by atoms with Crippen LogP contribution >= 0.6 is 37.9 Å². The van der Waals surface area contributed by atoms with Crippen LogP contribution < -0.4 is 0 Å². The number of aromatic amines is 1. The van der Waals surface area contributed by atoms with Crippen molar-refractivity contribution in [2.24, 2.45) is 0 Å². The van der Waals surface area contributed by atoms with Gasteiger partial charge in [0.2, 0.25) is 16.1 Å². The number of carbonyl (C=O) groups excluding carboxylic acids is 3. The predicted octanol–water partition coefficient (Wildman–Crippen LogP) is 0.563. The molecular weight excluding hydrogens is 296 g/mol. The largest absolute Gasteiger partial charge is 0.280 e. The Morgan fingerprint density at radius 1 is 0.889 bits per heavy atom. The molecule has 2 aromatic rings. The number of hydrogen-bond acceptors (Lipinski definition) is 6. The van der Waals surface area contributed by atoms with Crippen molar-refractivity contribution < 1.29 is 14.4 Å². The average Bonchev–Trinajstić information content (AvgIpc) is 2.70. The van der Waals surface area contributed by atoms with Crippen molar-refractivity contribution in [3.8, 4) is 0 Å². The van der Waals surface area contributed by atoms with Crippen LogP contribution in [0.25, 0.3) is 11.0 Å². The van der Waals surface area contributed by atoms with Gasteiger partial charge in [-0.05, 0) is 0 Å². The zero-order chi connectivity index (χ0) is 13.4. The lowest BCUT2D eigenvalue weighted by atomic mass is 10.3. The Balaban J connectivity index is 2.88. The zero-order valence-corrected chi connectivity index (χ0v) is 11.1. The quantitative estimate of drug-likeness (QED) is 0.617. The highest BCUT2D eigenvalue weighted by molar-refractivity contribution is 7.97. The van der Waals surface area contributed by atoms with Gasteiger partial charge in [0.05, 0.1) is 0 Å². The molecule has 0 aliphatic rings. The molecule has 0 fully saturated rings. The molecule has 18 heavy (non-hydrogen) atoms. The summed E-state index contributed by atoms with van der Waals surface area (Å²) < 4.78 is 0. The Morgan fingerprint density at radius 2 is 1.56 bits per heavy atom. The summed E-state index contributed by atoms with van der Waals surface area (Å²) in [7, 11) is 0. The Hall–Kier alpha value is -1.39. The first-order valence-electron chi connectivity index (χ1n) is 4.37. The third kappa shape index (κ3) is 2.13. The van der Waals surface area contributed by atoms with Crippen LogP contribution in [0.5, 0.6) is 0 Å². The number of thiol groups is 3. The minimum absolute atomic E-state index is 0.0276. The SMILES string of the molecule is O=C(S)c1nc(C(=O)S)c2n[nH]c(C(=O)S)c2n1. The van der Waals surface area contributed by atoms with Crippen molar-refractivity contribution in [1.82, 2.24) is 20.2 Å². The van der Waals surface area contributed by atoms with Crippen LogP contribution in [0.2, 0.25) is 0 Å². The topological polar surface area (TPSA) is 106 Å². The lowest BCUT2D eigenvalue weighted by Gasteiger charge is -1.99. The van der Waals surface area contributed by atoms with E-state index >= 15 is 0 Å². The van der Waals surface area contributed by atoms with E-state index in [-0.39, 0.29) is 28.2 Å². The summed E-state index contributed by atoms with van der Waals surface area (Å²) in [6, 6.07) is 0. The third-order valence-electron chi connectivity index (χ3n) is 2.01. The summed E-state index contributed by atoms with van der Waals surface area (Å²) in [4.78, 5) is 41.1. The number of hydrogen-bond donors (Lipinski definition) is 4. The Labute approximate surface area is 116 Å². The maximum Gasteiger partial charge on any atom is 0.253 e.